The maximum absolute atomic E-state index is 13.5. The lowest BCUT2D eigenvalue weighted by Gasteiger charge is -2.15. The van der Waals surface area contributed by atoms with Gasteiger partial charge in [-0.05, 0) is 30.3 Å². The number of H-pyrrole nitrogens is 1. The highest BCUT2D eigenvalue weighted by molar-refractivity contribution is 6.31. The molecule has 158 valence electrons. The average molecular weight is 452 g/mol. The lowest BCUT2D eigenvalue weighted by Crippen LogP contribution is -2.21. The minimum Gasteiger partial charge on any atom is -0.449 e. The van der Waals surface area contributed by atoms with Crippen molar-refractivity contribution in [2.24, 2.45) is 0 Å². The Labute approximate surface area is 167 Å². The minimum atomic E-state index is -5.18. The molecule has 30 heavy (non-hydrogen) atoms. The number of halogens is 7. The second-order valence-electron chi connectivity index (χ2n) is 5.67. The molecule has 14 heteroatoms. The monoisotopic (exact) mass is 451 g/mol. The molecule has 0 bridgehead atoms. The molecule has 0 aliphatic carbocycles. The van der Waals surface area contributed by atoms with Gasteiger partial charge >= 0.3 is 12.4 Å². The number of hydrogen-bond donors (Lipinski definition) is 2. The van der Waals surface area contributed by atoms with Crippen LogP contribution in [-0.2, 0) is 12.4 Å². The Morgan fingerprint density at radius 3 is 2.27 bits per heavy atom. The normalized spacial score (nSPS) is 12.1. The zero-order chi connectivity index (χ0) is 22.3. The lowest BCUT2D eigenvalue weighted by molar-refractivity contribution is -0.142. The van der Waals surface area contributed by atoms with E-state index >= 15 is 0 Å². The van der Waals surface area contributed by atoms with E-state index in [9.17, 15) is 31.1 Å². The molecule has 3 aromatic rings. The van der Waals surface area contributed by atoms with Crippen LogP contribution in [0.25, 0.3) is 11.5 Å². The summed E-state index contributed by atoms with van der Waals surface area (Å²) in [6.45, 7) is 0. The number of nitrogens with two attached hydrogens (primary N) is 1. The third-order valence-electron chi connectivity index (χ3n) is 3.54. The van der Waals surface area contributed by atoms with Gasteiger partial charge in [0.25, 0.3) is 5.56 Å². The van der Waals surface area contributed by atoms with Crippen molar-refractivity contribution >= 4 is 17.4 Å². The second kappa shape index (κ2) is 7.48. The van der Waals surface area contributed by atoms with Crippen molar-refractivity contribution in [2.45, 2.75) is 12.4 Å². The molecular weight excluding hydrogens is 444 g/mol. The molecule has 2 aromatic heterocycles. The summed E-state index contributed by atoms with van der Waals surface area (Å²) in [5, 5.41) is 6.26. The van der Waals surface area contributed by atoms with E-state index in [-0.39, 0.29) is 11.5 Å². The Morgan fingerprint density at radius 1 is 1.00 bits per heavy atom. The first-order valence-electron chi connectivity index (χ1n) is 7.72. The number of aromatic amines is 1. The SMILES string of the molecule is Nc1ccc(-c2nc(C(F)(F)F)c(Oc3ccc(Cl)c(C(F)(F)F)c3)c(=O)[nH]2)nn1. The maximum atomic E-state index is 13.5. The van der Waals surface area contributed by atoms with E-state index in [0.29, 0.717) is 6.07 Å². The highest BCUT2D eigenvalue weighted by Gasteiger charge is 2.39. The first-order valence-corrected chi connectivity index (χ1v) is 8.10. The number of aromatic nitrogens is 4. The summed E-state index contributed by atoms with van der Waals surface area (Å²) < 4.78 is 84.1. The van der Waals surface area contributed by atoms with Gasteiger partial charge in [-0.25, -0.2) is 4.98 Å². The molecule has 0 saturated carbocycles. The van der Waals surface area contributed by atoms with Gasteiger partial charge in [-0.1, -0.05) is 11.6 Å². The van der Waals surface area contributed by atoms with Crippen LogP contribution in [0.2, 0.25) is 5.02 Å². The Bertz CT molecular complexity index is 1140. The van der Waals surface area contributed by atoms with E-state index < -0.39 is 51.5 Å². The van der Waals surface area contributed by atoms with E-state index in [1.807, 2.05) is 4.98 Å². The highest BCUT2D eigenvalue weighted by atomic mass is 35.5. The van der Waals surface area contributed by atoms with Gasteiger partial charge in [0.2, 0.25) is 5.75 Å². The molecule has 0 unspecified atom stereocenters. The summed E-state index contributed by atoms with van der Waals surface area (Å²) in [5.74, 6) is -2.69. The number of ether oxygens (including phenoxy) is 1. The van der Waals surface area contributed by atoms with Gasteiger partial charge in [-0.2, -0.15) is 26.3 Å². The molecule has 0 fully saturated rings. The van der Waals surface area contributed by atoms with Crippen LogP contribution in [0.1, 0.15) is 11.3 Å². The number of alkyl halides is 6. The van der Waals surface area contributed by atoms with Crippen molar-refractivity contribution in [3.05, 3.63) is 57.0 Å². The zero-order valence-electron chi connectivity index (χ0n) is 14.3. The van der Waals surface area contributed by atoms with Gasteiger partial charge in [0.05, 0.1) is 10.6 Å². The summed E-state index contributed by atoms with van der Waals surface area (Å²) in [6, 6.07) is 4.38. The molecule has 0 saturated heterocycles. The fourth-order valence-electron chi connectivity index (χ4n) is 2.24. The Hall–Kier alpha value is -3.35. The summed E-state index contributed by atoms with van der Waals surface area (Å²) in [7, 11) is 0. The number of benzene rings is 1. The van der Waals surface area contributed by atoms with E-state index in [0.717, 1.165) is 18.2 Å². The summed E-state index contributed by atoms with van der Waals surface area (Å²) in [5.41, 5.74) is 0.574. The van der Waals surface area contributed by atoms with Crippen LogP contribution >= 0.6 is 11.6 Å². The molecule has 3 rings (SSSR count). The van der Waals surface area contributed by atoms with Crippen LogP contribution in [0.5, 0.6) is 11.5 Å². The molecule has 0 spiro atoms. The Balaban J connectivity index is 2.11. The topological polar surface area (TPSA) is 107 Å². The summed E-state index contributed by atoms with van der Waals surface area (Å²) in [6.07, 6.45) is -10.1. The van der Waals surface area contributed by atoms with Gasteiger partial charge in [-0.15, -0.1) is 10.2 Å². The fraction of sp³-hybridized carbons (Fsp3) is 0.125. The molecule has 3 N–H and O–H groups in total. The van der Waals surface area contributed by atoms with Crippen molar-refractivity contribution in [3.8, 4) is 23.0 Å². The van der Waals surface area contributed by atoms with Gasteiger partial charge in [0, 0.05) is 0 Å². The number of rotatable bonds is 3. The molecule has 0 aliphatic rings. The van der Waals surface area contributed by atoms with Crippen LogP contribution in [0, 0.1) is 0 Å². The van der Waals surface area contributed by atoms with Crippen molar-refractivity contribution in [1.82, 2.24) is 20.2 Å². The zero-order valence-corrected chi connectivity index (χ0v) is 15.0. The van der Waals surface area contributed by atoms with Crippen LogP contribution < -0.4 is 16.0 Å². The van der Waals surface area contributed by atoms with E-state index in [1.165, 1.54) is 6.07 Å². The van der Waals surface area contributed by atoms with Crippen LogP contribution in [0.4, 0.5) is 32.2 Å². The van der Waals surface area contributed by atoms with Gasteiger partial charge in [0.1, 0.15) is 17.3 Å². The van der Waals surface area contributed by atoms with Crippen LogP contribution in [0.15, 0.2) is 35.1 Å². The van der Waals surface area contributed by atoms with E-state index in [4.69, 9.17) is 22.1 Å². The first-order chi connectivity index (χ1) is 13.9. The second-order valence-corrected chi connectivity index (χ2v) is 6.08. The fourth-order valence-corrected chi connectivity index (χ4v) is 2.47. The number of nitrogen functional groups attached to an aromatic ring is 1. The molecular formula is C16H8ClF6N5O2. The number of anilines is 1. The van der Waals surface area contributed by atoms with Crippen molar-refractivity contribution in [1.29, 1.82) is 0 Å². The first kappa shape index (κ1) is 21.4. The average Bonchev–Trinajstić information content (AvgIpc) is 2.63. The molecule has 0 aliphatic heterocycles. The molecule has 1 aromatic carbocycles. The molecule has 0 radical (unpaired) electrons. The Kier molecular flexibility index (Phi) is 5.33. The van der Waals surface area contributed by atoms with E-state index in [2.05, 4.69) is 15.2 Å². The third kappa shape index (κ3) is 4.45. The molecule has 0 amide bonds. The van der Waals surface area contributed by atoms with Crippen molar-refractivity contribution in [3.63, 3.8) is 0 Å². The number of nitrogens with zero attached hydrogens (tertiary/aromatic N) is 3. The van der Waals surface area contributed by atoms with Crippen molar-refractivity contribution < 1.29 is 31.1 Å². The summed E-state index contributed by atoms with van der Waals surface area (Å²) in [4.78, 5) is 17.6. The molecule has 0 atom stereocenters. The smallest absolute Gasteiger partial charge is 0.437 e. The standard InChI is InChI=1S/C16H8ClF6N5O2/c17-8-2-1-6(5-7(8)15(18,19)20)30-11-12(16(21,22)23)25-13(26-14(11)29)9-3-4-10(24)28-27-9/h1-5H,(H2,24,28)(H,25,26,29). The quantitative estimate of drug-likeness (QED) is 0.575. The number of hydrogen-bond acceptors (Lipinski definition) is 6. The van der Waals surface area contributed by atoms with Gasteiger partial charge in [-0.3, -0.25) is 4.79 Å². The molecule has 2 heterocycles. The predicted molar refractivity (Wildman–Crippen MR) is 91.8 cm³/mol. The van der Waals surface area contributed by atoms with Crippen molar-refractivity contribution in [2.75, 3.05) is 5.73 Å². The third-order valence-corrected chi connectivity index (χ3v) is 3.87. The number of nitrogens with one attached hydrogen (secondary N) is 1. The van der Waals surface area contributed by atoms with Gasteiger partial charge < -0.3 is 15.5 Å². The van der Waals surface area contributed by atoms with Crippen LogP contribution in [-0.4, -0.2) is 20.2 Å². The predicted octanol–water partition coefficient (Wildman–Crippen LogP) is 4.29. The van der Waals surface area contributed by atoms with Gasteiger partial charge in [0.15, 0.2) is 11.5 Å². The molecule has 7 nitrogen and oxygen atoms in total. The highest BCUT2D eigenvalue weighted by Crippen LogP contribution is 2.39. The maximum Gasteiger partial charge on any atom is 0.437 e. The summed E-state index contributed by atoms with van der Waals surface area (Å²) >= 11 is 5.46. The lowest BCUT2D eigenvalue weighted by atomic mass is 10.2. The minimum absolute atomic E-state index is 0.0275. The van der Waals surface area contributed by atoms with Crippen LogP contribution in [0.3, 0.4) is 0 Å². The Morgan fingerprint density at radius 2 is 1.70 bits per heavy atom. The largest absolute Gasteiger partial charge is 0.449 e. The van der Waals surface area contributed by atoms with E-state index in [1.54, 1.807) is 0 Å².